The van der Waals surface area contributed by atoms with Crippen molar-refractivity contribution in [1.29, 1.82) is 5.26 Å². The lowest BCUT2D eigenvalue weighted by molar-refractivity contribution is -0.142. The number of amides is 2. The van der Waals surface area contributed by atoms with Crippen molar-refractivity contribution in [2.24, 2.45) is 0 Å². The second-order valence-electron chi connectivity index (χ2n) is 7.09. The molecule has 0 spiro atoms. The maximum Gasteiger partial charge on any atom is 0.271 e. The van der Waals surface area contributed by atoms with Crippen molar-refractivity contribution in [3.05, 3.63) is 82.4 Å². The normalized spacial score (nSPS) is 15.8. The van der Waals surface area contributed by atoms with E-state index < -0.39 is 5.91 Å². The molecule has 0 fully saturated rings. The van der Waals surface area contributed by atoms with E-state index in [0.29, 0.717) is 17.8 Å². The molecule has 0 radical (unpaired) electrons. The highest BCUT2D eigenvalue weighted by Gasteiger charge is 2.36. The van der Waals surface area contributed by atoms with E-state index in [9.17, 15) is 14.9 Å². The summed E-state index contributed by atoms with van der Waals surface area (Å²) in [6.45, 7) is 5.61. The largest absolute Gasteiger partial charge is 0.489 e. The van der Waals surface area contributed by atoms with E-state index in [1.807, 2.05) is 60.7 Å². The molecule has 1 heterocycles. The van der Waals surface area contributed by atoms with Crippen molar-refractivity contribution < 1.29 is 14.3 Å². The molecule has 0 saturated carbocycles. The Bertz CT molecular complexity index is 1030. The molecule has 29 heavy (non-hydrogen) atoms. The average Bonchev–Trinajstić information content (AvgIpc) is 2.71. The summed E-state index contributed by atoms with van der Waals surface area (Å²) < 4.78 is 5.78. The lowest BCUT2D eigenvalue weighted by Crippen LogP contribution is -2.46. The zero-order valence-electron chi connectivity index (χ0n) is 16.7. The van der Waals surface area contributed by atoms with Gasteiger partial charge in [0.15, 0.2) is 0 Å². The maximum atomic E-state index is 12.8. The Balaban J connectivity index is 1.84. The van der Waals surface area contributed by atoms with Crippen molar-refractivity contribution in [1.82, 2.24) is 4.90 Å². The van der Waals surface area contributed by atoms with Gasteiger partial charge in [0.25, 0.3) is 11.8 Å². The lowest BCUT2D eigenvalue weighted by atomic mass is 9.93. The minimum atomic E-state index is -0.535. The van der Waals surface area contributed by atoms with Crippen LogP contribution in [0, 0.1) is 11.3 Å². The van der Waals surface area contributed by atoms with Crippen LogP contribution in [-0.2, 0) is 16.2 Å². The summed E-state index contributed by atoms with van der Waals surface area (Å²) in [5.41, 5.74) is 2.63. The summed E-state index contributed by atoms with van der Waals surface area (Å²) in [7, 11) is 0. The van der Waals surface area contributed by atoms with E-state index >= 15 is 0 Å². The summed E-state index contributed by atoms with van der Waals surface area (Å²) in [6, 6.07) is 18.8. The highest BCUT2D eigenvalue weighted by atomic mass is 16.5. The molecule has 5 heteroatoms. The third kappa shape index (κ3) is 4.27. The quantitative estimate of drug-likeness (QED) is 0.568. The minimum absolute atomic E-state index is 0.00682. The molecule has 0 unspecified atom stereocenters. The Morgan fingerprint density at radius 1 is 1.03 bits per heavy atom. The smallest absolute Gasteiger partial charge is 0.271 e. The number of carbonyl (C=O) groups excluding carboxylic acids is 2. The second-order valence-corrected chi connectivity index (χ2v) is 7.09. The third-order valence-corrected chi connectivity index (χ3v) is 4.73. The number of hydrogen-bond donors (Lipinski definition) is 0. The van der Waals surface area contributed by atoms with Crippen LogP contribution >= 0.6 is 0 Å². The molecule has 0 aliphatic carbocycles. The lowest BCUT2D eigenvalue weighted by Gasteiger charge is -2.30. The monoisotopic (exact) mass is 386 g/mol. The van der Waals surface area contributed by atoms with Crippen LogP contribution in [0.2, 0.25) is 0 Å². The first kappa shape index (κ1) is 20.1. The Hall–Kier alpha value is -3.65. The molecule has 0 atom stereocenters. The van der Waals surface area contributed by atoms with Crippen LogP contribution in [0.3, 0.4) is 0 Å². The second kappa shape index (κ2) is 8.57. The number of ether oxygens (including phenoxy) is 1. The van der Waals surface area contributed by atoms with Crippen LogP contribution in [-0.4, -0.2) is 22.8 Å². The van der Waals surface area contributed by atoms with Gasteiger partial charge in [-0.2, -0.15) is 5.26 Å². The zero-order chi connectivity index (χ0) is 21.0. The number of nitriles is 1. The fraction of sp³-hybridized carbons (Fsp3) is 0.208. The molecule has 2 amide bonds. The van der Waals surface area contributed by atoms with Crippen LogP contribution in [0.5, 0.6) is 5.75 Å². The molecule has 3 rings (SSSR count). The summed E-state index contributed by atoms with van der Waals surface area (Å²) in [4.78, 5) is 26.4. The summed E-state index contributed by atoms with van der Waals surface area (Å²) in [5.74, 6) is -0.201. The average molecular weight is 386 g/mol. The first-order chi connectivity index (χ1) is 13.9. The van der Waals surface area contributed by atoms with Gasteiger partial charge < -0.3 is 4.74 Å². The van der Waals surface area contributed by atoms with E-state index in [-0.39, 0.29) is 17.5 Å². The number of hydrogen-bond acceptors (Lipinski definition) is 4. The van der Waals surface area contributed by atoms with Gasteiger partial charge in [-0.3, -0.25) is 14.5 Å². The van der Waals surface area contributed by atoms with Crippen LogP contribution in [0.4, 0.5) is 0 Å². The van der Waals surface area contributed by atoms with E-state index in [1.54, 1.807) is 26.8 Å². The predicted molar refractivity (Wildman–Crippen MR) is 110 cm³/mol. The Morgan fingerprint density at radius 3 is 2.28 bits per heavy atom. The van der Waals surface area contributed by atoms with Crippen molar-refractivity contribution in [3.63, 3.8) is 0 Å². The molecule has 0 bridgehead atoms. The Labute approximate surface area is 170 Å². The van der Waals surface area contributed by atoms with Crippen molar-refractivity contribution in [3.8, 4) is 11.8 Å². The summed E-state index contributed by atoms with van der Waals surface area (Å²) >= 11 is 0. The standard InChI is InChI=1S/C24H22N2O3/c1-16(2)26-23(27)21(17(3)22(14-25)24(26)28)13-18-9-11-20(12-10-18)29-15-19-7-5-4-6-8-19/h4-13,16H,15H2,1-3H3/b21-13+. The molecule has 0 aromatic heterocycles. The SMILES string of the molecule is CC1=C(C#N)C(=O)N(C(C)C)C(=O)/C1=C/c1ccc(OCc2ccccc2)cc1. The predicted octanol–water partition coefficient (Wildman–Crippen LogP) is 4.27. The van der Waals surface area contributed by atoms with Gasteiger partial charge in [0, 0.05) is 11.6 Å². The Kier molecular flexibility index (Phi) is 5.94. The number of benzene rings is 2. The molecular weight excluding hydrogens is 364 g/mol. The molecule has 1 aliphatic rings. The summed E-state index contributed by atoms with van der Waals surface area (Å²) in [5, 5.41) is 9.38. The molecule has 146 valence electrons. The van der Waals surface area contributed by atoms with Gasteiger partial charge in [0.1, 0.15) is 24.0 Å². The number of imide groups is 1. The molecule has 5 nitrogen and oxygen atoms in total. The summed E-state index contributed by atoms with van der Waals surface area (Å²) in [6.07, 6.45) is 1.71. The van der Waals surface area contributed by atoms with Crippen LogP contribution < -0.4 is 4.74 Å². The van der Waals surface area contributed by atoms with Gasteiger partial charge in [0.05, 0.1) is 0 Å². The maximum absolute atomic E-state index is 12.8. The highest BCUT2D eigenvalue weighted by molar-refractivity contribution is 6.19. The van der Waals surface area contributed by atoms with Crippen molar-refractivity contribution >= 4 is 17.9 Å². The topological polar surface area (TPSA) is 70.4 Å². The molecule has 2 aromatic carbocycles. The van der Waals surface area contributed by atoms with Gasteiger partial charge in [-0.15, -0.1) is 0 Å². The highest BCUT2D eigenvalue weighted by Crippen LogP contribution is 2.28. The van der Waals surface area contributed by atoms with E-state index in [1.165, 1.54) is 0 Å². The van der Waals surface area contributed by atoms with E-state index in [0.717, 1.165) is 21.8 Å². The van der Waals surface area contributed by atoms with Gasteiger partial charge in [-0.05, 0) is 55.7 Å². The first-order valence-corrected chi connectivity index (χ1v) is 9.40. The fourth-order valence-corrected chi connectivity index (χ4v) is 3.14. The van der Waals surface area contributed by atoms with E-state index in [4.69, 9.17) is 4.74 Å². The molecule has 1 aliphatic heterocycles. The fourth-order valence-electron chi connectivity index (χ4n) is 3.14. The van der Waals surface area contributed by atoms with Gasteiger partial charge in [-0.1, -0.05) is 42.5 Å². The third-order valence-electron chi connectivity index (χ3n) is 4.73. The minimum Gasteiger partial charge on any atom is -0.489 e. The first-order valence-electron chi connectivity index (χ1n) is 9.40. The van der Waals surface area contributed by atoms with Gasteiger partial charge in [-0.25, -0.2) is 0 Å². The number of carbonyl (C=O) groups is 2. The zero-order valence-corrected chi connectivity index (χ0v) is 16.7. The van der Waals surface area contributed by atoms with Gasteiger partial charge >= 0.3 is 0 Å². The number of rotatable bonds is 5. The molecule has 0 saturated heterocycles. The molecule has 2 aromatic rings. The van der Waals surface area contributed by atoms with E-state index in [2.05, 4.69) is 0 Å². The molecule has 0 N–H and O–H groups in total. The van der Waals surface area contributed by atoms with Crippen LogP contribution in [0.1, 0.15) is 31.9 Å². The van der Waals surface area contributed by atoms with Crippen molar-refractivity contribution in [2.45, 2.75) is 33.4 Å². The molecular formula is C24H22N2O3. The number of nitrogens with zero attached hydrogens (tertiary/aromatic N) is 2. The van der Waals surface area contributed by atoms with Gasteiger partial charge in [0.2, 0.25) is 0 Å². The Morgan fingerprint density at radius 2 is 1.69 bits per heavy atom. The van der Waals surface area contributed by atoms with Crippen LogP contribution in [0.25, 0.3) is 6.08 Å². The van der Waals surface area contributed by atoms with Crippen LogP contribution in [0.15, 0.2) is 71.3 Å². The van der Waals surface area contributed by atoms with Crippen molar-refractivity contribution in [2.75, 3.05) is 0 Å².